The Labute approximate surface area is 174 Å². The Morgan fingerprint density at radius 1 is 1.27 bits per heavy atom. The minimum Gasteiger partial charge on any atom is -0.494 e. The van der Waals surface area contributed by atoms with Crippen molar-refractivity contribution in [3.63, 3.8) is 0 Å². The number of hydrogen-bond acceptors (Lipinski definition) is 4. The molecule has 0 saturated carbocycles. The zero-order chi connectivity index (χ0) is 21.3. The number of nitrogens with zero attached hydrogens (tertiary/aromatic N) is 3. The van der Waals surface area contributed by atoms with Crippen molar-refractivity contribution >= 4 is 23.8 Å². The summed E-state index contributed by atoms with van der Waals surface area (Å²) in [5, 5.41) is 24.0. The molecule has 0 radical (unpaired) electrons. The van der Waals surface area contributed by atoms with Gasteiger partial charge in [0.15, 0.2) is 0 Å². The van der Waals surface area contributed by atoms with E-state index in [4.69, 9.17) is 4.74 Å². The summed E-state index contributed by atoms with van der Waals surface area (Å²) >= 11 is 0. The average molecular weight is 404 g/mol. The Morgan fingerprint density at radius 2 is 2.07 bits per heavy atom. The topological polar surface area (TPSA) is 90.5 Å². The van der Waals surface area contributed by atoms with Crippen molar-refractivity contribution in [3.05, 3.63) is 63.7 Å². The Hall–Kier alpha value is -3.50. The largest absolute Gasteiger partial charge is 0.494 e. The summed E-state index contributed by atoms with van der Waals surface area (Å²) in [7, 11) is 1.95. The number of aliphatic hydroxyl groups excluding tert-OH is 1. The van der Waals surface area contributed by atoms with E-state index in [1.54, 1.807) is 0 Å². The lowest BCUT2D eigenvalue weighted by Gasteiger charge is -2.14. The van der Waals surface area contributed by atoms with E-state index in [1.165, 1.54) is 4.90 Å². The van der Waals surface area contributed by atoms with E-state index in [1.807, 2.05) is 55.0 Å². The van der Waals surface area contributed by atoms with Gasteiger partial charge in [-0.05, 0) is 37.5 Å². The molecule has 2 N–H and O–H groups in total. The normalized spacial score (nSPS) is 20.5. The fourth-order valence-corrected chi connectivity index (χ4v) is 4.05. The lowest BCUT2D eigenvalue weighted by Crippen LogP contribution is -2.28. The van der Waals surface area contributed by atoms with Crippen LogP contribution < -0.4 is 15.9 Å². The molecule has 4 rings (SSSR count). The molecule has 1 atom stereocenters. The van der Waals surface area contributed by atoms with E-state index in [0.29, 0.717) is 25.0 Å². The summed E-state index contributed by atoms with van der Waals surface area (Å²) < 4.78 is 7.73. The zero-order valence-electron chi connectivity index (χ0n) is 17.1. The number of hydrogen-bond donors (Lipinski definition) is 2. The summed E-state index contributed by atoms with van der Waals surface area (Å²) in [5.74, 6) is 0.803. The summed E-state index contributed by atoms with van der Waals surface area (Å²) in [4.78, 5) is 13.6. The standard InChI is InChI=1S/C23H24N4O3/c1-3-30-17-8-5-9-18-19(13-24)22(26(2)20(18)12-17)15-6-4-7-16(11-10-15)27-14-21(28)25-23(27)29/h6-12,21,28H,3-5,14H2,1-2H3,(H,25,29). The minimum absolute atomic E-state index is 0.211. The maximum Gasteiger partial charge on any atom is 0.324 e. The lowest BCUT2D eigenvalue weighted by atomic mass is 10.1. The molecule has 7 nitrogen and oxygen atoms in total. The number of ether oxygens (including phenoxy) is 1. The van der Waals surface area contributed by atoms with E-state index < -0.39 is 6.23 Å². The van der Waals surface area contributed by atoms with Crippen LogP contribution in [0.5, 0.6) is 0 Å². The second-order valence-electron chi connectivity index (χ2n) is 7.25. The highest BCUT2D eigenvalue weighted by atomic mass is 16.5. The molecule has 2 heterocycles. The molecule has 1 aliphatic heterocycles. The van der Waals surface area contributed by atoms with E-state index >= 15 is 0 Å². The first-order valence-electron chi connectivity index (χ1n) is 10.0. The summed E-state index contributed by atoms with van der Waals surface area (Å²) in [6, 6.07) is 2.07. The van der Waals surface area contributed by atoms with E-state index in [2.05, 4.69) is 17.5 Å². The minimum atomic E-state index is -0.866. The van der Waals surface area contributed by atoms with Crippen LogP contribution in [0, 0.1) is 11.3 Å². The first-order chi connectivity index (χ1) is 14.5. The fraction of sp³-hybridized carbons (Fsp3) is 0.304. The van der Waals surface area contributed by atoms with Crippen LogP contribution in [0.4, 0.5) is 4.79 Å². The third kappa shape index (κ3) is 3.46. The van der Waals surface area contributed by atoms with Crippen molar-refractivity contribution in [2.24, 2.45) is 7.05 Å². The number of urea groups is 1. The first kappa shape index (κ1) is 19.8. The number of amides is 2. The van der Waals surface area contributed by atoms with Crippen LogP contribution in [0.15, 0.2) is 41.8 Å². The number of nitrogens with one attached hydrogen (secondary N) is 1. The highest BCUT2D eigenvalue weighted by Crippen LogP contribution is 2.24. The third-order valence-electron chi connectivity index (χ3n) is 5.40. The van der Waals surface area contributed by atoms with Gasteiger partial charge in [-0.15, -0.1) is 0 Å². The molecule has 1 saturated heterocycles. The third-order valence-corrected chi connectivity index (χ3v) is 5.40. The van der Waals surface area contributed by atoms with Crippen LogP contribution in [0.3, 0.4) is 0 Å². The molecule has 0 bridgehead atoms. The van der Waals surface area contributed by atoms with Crippen molar-refractivity contribution in [1.82, 2.24) is 14.8 Å². The number of carbonyl (C=O) groups is 1. The van der Waals surface area contributed by atoms with Gasteiger partial charge in [-0.3, -0.25) is 4.90 Å². The highest BCUT2D eigenvalue weighted by molar-refractivity contribution is 5.81. The number of nitriles is 1. The van der Waals surface area contributed by atoms with Gasteiger partial charge in [0.2, 0.25) is 0 Å². The van der Waals surface area contributed by atoms with Crippen molar-refractivity contribution in [2.45, 2.75) is 26.0 Å². The summed E-state index contributed by atoms with van der Waals surface area (Å²) in [6.45, 7) is 2.75. The van der Waals surface area contributed by atoms with Crippen molar-refractivity contribution < 1.29 is 14.6 Å². The van der Waals surface area contributed by atoms with E-state index in [-0.39, 0.29) is 12.6 Å². The quantitative estimate of drug-likeness (QED) is 0.793. The maximum atomic E-state index is 12.0. The number of fused-ring (bicyclic) bond motifs is 1. The number of β-amino-alcohol motifs (C(OH)–C–C–N with tert-alkyl or cyclic N) is 1. The first-order valence-corrected chi connectivity index (χ1v) is 10.0. The number of allylic oxidation sites excluding steroid dienone is 7. The van der Waals surface area contributed by atoms with Crippen LogP contribution in [0.25, 0.3) is 17.7 Å². The molecule has 1 aromatic rings. The molecule has 30 heavy (non-hydrogen) atoms. The number of aliphatic hydroxyl groups is 1. The van der Waals surface area contributed by atoms with E-state index in [9.17, 15) is 15.2 Å². The predicted octanol–water partition coefficient (Wildman–Crippen LogP) is 1.35. The Balaban J connectivity index is 1.75. The molecule has 7 heteroatoms. The van der Waals surface area contributed by atoms with Gasteiger partial charge < -0.3 is 19.7 Å². The number of aromatic nitrogens is 1. The van der Waals surface area contributed by atoms with Gasteiger partial charge in [-0.25, -0.2) is 4.79 Å². The van der Waals surface area contributed by atoms with Crippen molar-refractivity contribution in [3.8, 4) is 6.07 Å². The van der Waals surface area contributed by atoms with Gasteiger partial charge in [0.05, 0.1) is 29.8 Å². The molecular formula is C23H24N4O3. The van der Waals surface area contributed by atoms with Crippen LogP contribution in [0.2, 0.25) is 0 Å². The monoisotopic (exact) mass is 404 g/mol. The number of rotatable bonds is 4. The van der Waals surface area contributed by atoms with E-state index in [0.717, 1.165) is 33.3 Å². The molecule has 2 aliphatic carbocycles. The molecule has 2 amide bonds. The Morgan fingerprint density at radius 3 is 2.77 bits per heavy atom. The maximum absolute atomic E-state index is 12.0. The summed E-state index contributed by atoms with van der Waals surface area (Å²) in [5.41, 5.74) is 3.11. The smallest absolute Gasteiger partial charge is 0.324 e. The molecule has 0 aromatic carbocycles. The second kappa shape index (κ2) is 8.09. The van der Waals surface area contributed by atoms with Gasteiger partial charge >= 0.3 is 6.03 Å². The van der Waals surface area contributed by atoms with Crippen LogP contribution in [-0.4, -0.2) is 40.0 Å². The molecular weight excluding hydrogens is 380 g/mol. The Kier molecular flexibility index (Phi) is 5.34. The molecule has 1 unspecified atom stereocenters. The average Bonchev–Trinajstić information content (AvgIpc) is 2.99. The van der Waals surface area contributed by atoms with Gasteiger partial charge in [0.25, 0.3) is 0 Å². The van der Waals surface area contributed by atoms with Crippen LogP contribution >= 0.6 is 0 Å². The van der Waals surface area contributed by atoms with Gasteiger partial charge in [0, 0.05) is 24.0 Å². The summed E-state index contributed by atoms with van der Waals surface area (Å²) in [6.07, 6.45) is 14.3. The predicted molar refractivity (Wildman–Crippen MR) is 114 cm³/mol. The van der Waals surface area contributed by atoms with Gasteiger partial charge in [-0.2, -0.15) is 5.26 Å². The van der Waals surface area contributed by atoms with Gasteiger partial charge in [-0.1, -0.05) is 24.3 Å². The molecule has 0 spiro atoms. The van der Waals surface area contributed by atoms with Crippen molar-refractivity contribution in [2.75, 3.05) is 13.2 Å². The zero-order valence-corrected chi connectivity index (χ0v) is 17.1. The van der Waals surface area contributed by atoms with Gasteiger partial charge in [0.1, 0.15) is 18.1 Å². The molecule has 1 fully saturated rings. The Bertz CT molecular complexity index is 1170. The van der Waals surface area contributed by atoms with Crippen molar-refractivity contribution in [1.29, 1.82) is 5.26 Å². The highest BCUT2D eigenvalue weighted by Gasteiger charge is 2.29. The fourth-order valence-electron chi connectivity index (χ4n) is 4.05. The lowest BCUT2D eigenvalue weighted by molar-refractivity contribution is 0.165. The van der Waals surface area contributed by atoms with Crippen LogP contribution in [0.1, 0.15) is 31.0 Å². The molecule has 154 valence electrons. The molecule has 3 aliphatic rings. The molecule has 1 aromatic heterocycles. The second-order valence-corrected chi connectivity index (χ2v) is 7.25. The SMILES string of the molecule is CCOC1=CCC=c2c(C#N)c(C3=CCC=C(N4CC(O)NC4=O)C=C3)n(C)c2=C1. The number of carbonyl (C=O) groups excluding carboxylic acids is 1. The van der Waals surface area contributed by atoms with Crippen LogP contribution in [-0.2, 0) is 11.8 Å².